The van der Waals surface area contributed by atoms with Crippen molar-refractivity contribution in [3.63, 3.8) is 0 Å². The zero-order valence-corrected chi connectivity index (χ0v) is 16.4. The number of hydrogen-bond acceptors (Lipinski definition) is 4. The van der Waals surface area contributed by atoms with Crippen LogP contribution in [0.25, 0.3) is 6.08 Å². The largest absolute Gasteiger partial charge is 0.489 e. The van der Waals surface area contributed by atoms with Gasteiger partial charge in [0.1, 0.15) is 12.4 Å². The number of nitrogens with zero attached hydrogens (tertiary/aromatic N) is 1. The average Bonchev–Trinajstić information content (AvgIpc) is 3.10. The lowest BCUT2D eigenvalue weighted by molar-refractivity contribution is -0.129. The molecule has 0 bridgehead atoms. The van der Waals surface area contributed by atoms with Gasteiger partial charge in [0, 0.05) is 10.0 Å². The van der Waals surface area contributed by atoms with E-state index in [1.165, 1.54) is 0 Å². The van der Waals surface area contributed by atoms with Crippen LogP contribution in [0.5, 0.6) is 5.75 Å². The first kappa shape index (κ1) is 18.2. The van der Waals surface area contributed by atoms with Crippen molar-refractivity contribution in [2.75, 3.05) is 0 Å². The first-order valence-corrected chi connectivity index (χ1v) is 9.52. The zero-order valence-electron chi connectivity index (χ0n) is 14.8. The van der Waals surface area contributed by atoms with Gasteiger partial charge >= 0.3 is 5.97 Å². The lowest BCUT2D eigenvalue weighted by atomic mass is 10.2. The maximum absolute atomic E-state index is 12.1. The molecule has 28 heavy (non-hydrogen) atoms. The van der Waals surface area contributed by atoms with Gasteiger partial charge < -0.3 is 9.47 Å². The SMILES string of the molecule is O=C1OC(c2ccccc2)=N/C1=C\c1ccc(OCc2ccc(Br)cc2)cc1. The Balaban J connectivity index is 1.44. The lowest BCUT2D eigenvalue weighted by Crippen LogP contribution is -2.04. The van der Waals surface area contributed by atoms with Crippen LogP contribution < -0.4 is 4.74 Å². The van der Waals surface area contributed by atoms with Crippen molar-refractivity contribution in [3.05, 3.63) is 106 Å². The van der Waals surface area contributed by atoms with Crippen LogP contribution in [-0.4, -0.2) is 11.9 Å². The number of hydrogen-bond donors (Lipinski definition) is 0. The standard InChI is InChI=1S/C23H16BrNO3/c24-19-10-6-17(7-11-19)15-27-20-12-8-16(9-13-20)14-21-23(26)28-22(25-21)18-4-2-1-3-5-18/h1-14H,15H2/b21-14-. The summed E-state index contributed by atoms with van der Waals surface area (Å²) in [6, 6.07) is 24.9. The van der Waals surface area contributed by atoms with E-state index in [1.807, 2.05) is 78.9 Å². The highest BCUT2D eigenvalue weighted by Gasteiger charge is 2.23. The van der Waals surface area contributed by atoms with Crippen LogP contribution in [0.2, 0.25) is 0 Å². The van der Waals surface area contributed by atoms with Crippen molar-refractivity contribution >= 4 is 33.9 Å². The fraction of sp³-hybridized carbons (Fsp3) is 0.0435. The number of carbonyl (C=O) groups is 1. The van der Waals surface area contributed by atoms with E-state index in [1.54, 1.807) is 6.08 Å². The normalized spacial score (nSPS) is 14.7. The maximum atomic E-state index is 12.1. The molecule has 0 unspecified atom stereocenters. The summed E-state index contributed by atoms with van der Waals surface area (Å²) in [5.41, 5.74) is 2.99. The van der Waals surface area contributed by atoms with Crippen LogP contribution in [0.15, 0.2) is 94.0 Å². The van der Waals surface area contributed by atoms with E-state index in [0.717, 1.165) is 26.9 Å². The first-order chi connectivity index (χ1) is 13.7. The predicted molar refractivity (Wildman–Crippen MR) is 112 cm³/mol. The van der Waals surface area contributed by atoms with Gasteiger partial charge in [-0.2, -0.15) is 0 Å². The van der Waals surface area contributed by atoms with Gasteiger partial charge in [0.05, 0.1) is 0 Å². The van der Waals surface area contributed by atoms with E-state index in [4.69, 9.17) is 9.47 Å². The number of benzene rings is 3. The van der Waals surface area contributed by atoms with Crippen LogP contribution in [-0.2, 0) is 16.1 Å². The Morgan fingerprint density at radius 3 is 2.36 bits per heavy atom. The number of ether oxygens (including phenoxy) is 2. The molecule has 0 aromatic heterocycles. The highest BCUT2D eigenvalue weighted by atomic mass is 79.9. The summed E-state index contributed by atoms with van der Waals surface area (Å²) in [4.78, 5) is 16.4. The third-order valence-corrected chi connectivity index (χ3v) is 4.67. The quantitative estimate of drug-likeness (QED) is 0.401. The molecule has 5 heteroatoms. The fourth-order valence-electron chi connectivity index (χ4n) is 2.68. The molecule has 0 saturated heterocycles. The minimum Gasteiger partial charge on any atom is -0.489 e. The van der Waals surface area contributed by atoms with Crippen LogP contribution >= 0.6 is 15.9 Å². The zero-order chi connectivity index (χ0) is 19.3. The van der Waals surface area contributed by atoms with Crippen LogP contribution in [0.4, 0.5) is 0 Å². The number of esters is 1. The van der Waals surface area contributed by atoms with E-state index in [0.29, 0.717) is 12.5 Å². The van der Waals surface area contributed by atoms with Gasteiger partial charge in [-0.05, 0) is 53.6 Å². The third kappa shape index (κ3) is 4.38. The predicted octanol–water partition coefficient (Wildman–Crippen LogP) is 5.37. The van der Waals surface area contributed by atoms with E-state index in [-0.39, 0.29) is 5.70 Å². The van der Waals surface area contributed by atoms with Crippen LogP contribution in [0.1, 0.15) is 16.7 Å². The molecule has 0 amide bonds. The molecule has 0 atom stereocenters. The minimum absolute atomic E-state index is 0.280. The lowest BCUT2D eigenvalue weighted by Gasteiger charge is -2.06. The highest BCUT2D eigenvalue weighted by molar-refractivity contribution is 9.10. The Labute approximate surface area is 171 Å². The van der Waals surface area contributed by atoms with Gasteiger partial charge in [-0.25, -0.2) is 9.79 Å². The Kier molecular flexibility index (Phi) is 5.35. The molecule has 1 aliphatic rings. The topological polar surface area (TPSA) is 47.9 Å². The first-order valence-electron chi connectivity index (χ1n) is 8.73. The van der Waals surface area contributed by atoms with E-state index in [9.17, 15) is 4.79 Å². The Morgan fingerprint density at radius 1 is 0.929 bits per heavy atom. The molecule has 138 valence electrons. The van der Waals surface area contributed by atoms with Crippen molar-refractivity contribution in [1.82, 2.24) is 0 Å². The van der Waals surface area contributed by atoms with E-state index >= 15 is 0 Å². The molecular formula is C23H16BrNO3. The summed E-state index contributed by atoms with van der Waals surface area (Å²) in [5, 5.41) is 0. The minimum atomic E-state index is -0.450. The molecule has 0 saturated carbocycles. The number of carbonyl (C=O) groups excluding carboxylic acids is 1. The number of cyclic esters (lactones) is 1. The molecule has 0 radical (unpaired) electrons. The fourth-order valence-corrected chi connectivity index (χ4v) is 2.94. The van der Waals surface area contributed by atoms with Crippen molar-refractivity contribution in [2.45, 2.75) is 6.61 Å². The van der Waals surface area contributed by atoms with Gasteiger partial charge in [0.15, 0.2) is 5.70 Å². The smallest absolute Gasteiger partial charge is 0.363 e. The van der Waals surface area contributed by atoms with Crippen molar-refractivity contribution in [1.29, 1.82) is 0 Å². The van der Waals surface area contributed by atoms with Crippen LogP contribution in [0.3, 0.4) is 0 Å². The van der Waals surface area contributed by atoms with Crippen molar-refractivity contribution < 1.29 is 14.3 Å². The monoisotopic (exact) mass is 433 g/mol. The second-order valence-electron chi connectivity index (χ2n) is 6.19. The molecule has 0 spiro atoms. The van der Waals surface area contributed by atoms with Gasteiger partial charge in [-0.1, -0.05) is 58.4 Å². The number of rotatable bonds is 5. The van der Waals surface area contributed by atoms with Gasteiger partial charge in [-0.15, -0.1) is 0 Å². The Hall–Kier alpha value is -3.18. The average molecular weight is 434 g/mol. The molecule has 0 fully saturated rings. The van der Waals surface area contributed by atoms with Crippen molar-refractivity contribution in [2.24, 2.45) is 4.99 Å². The summed E-state index contributed by atoms with van der Waals surface area (Å²) >= 11 is 3.42. The summed E-state index contributed by atoms with van der Waals surface area (Å²) in [6.45, 7) is 0.491. The summed E-state index contributed by atoms with van der Waals surface area (Å²) in [7, 11) is 0. The molecule has 0 N–H and O–H groups in total. The molecular weight excluding hydrogens is 418 g/mol. The third-order valence-electron chi connectivity index (χ3n) is 4.14. The molecule has 4 nitrogen and oxygen atoms in total. The van der Waals surface area contributed by atoms with Gasteiger partial charge in [0.25, 0.3) is 0 Å². The van der Waals surface area contributed by atoms with E-state index < -0.39 is 5.97 Å². The molecule has 4 rings (SSSR count). The summed E-state index contributed by atoms with van der Waals surface area (Å²) in [5.74, 6) is 0.633. The Morgan fingerprint density at radius 2 is 1.64 bits per heavy atom. The maximum Gasteiger partial charge on any atom is 0.363 e. The molecule has 3 aromatic rings. The second kappa shape index (κ2) is 8.23. The molecule has 1 heterocycles. The number of aliphatic imine (C=N–C) groups is 1. The Bertz CT molecular complexity index is 1040. The van der Waals surface area contributed by atoms with Gasteiger partial charge in [-0.3, -0.25) is 0 Å². The van der Waals surface area contributed by atoms with E-state index in [2.05, 4.69) is 20.9 Å². The molecule has 3 aromatic carbocycles. The molecule has 1 aliphatic heterocycles. The van der Waals surface area contributed by atoms with Gasteiger partial charge in [0.2, 0.25) is 5.90 Å². The highest BCUT2D eigenvalue weighted by Crippen LogP contribution is 2.21. The summed E-state index contributed by atoms with van der Waals surface area (Å²) in [6.07, 6.45) is 1.71. The summed E-state index contributed by atoms with van der Waals surface area (Å²) < 4.78 is 12.1. The second-order valence-corrected chi connectivity index (χ2v) is 7.10. The molecule has 0 aliphatic carbocycles. The van der Waals surface area contributed by atoms with Crippen molar-refractivity contribution in [3.8, 4) is 5.75 Å². The van der Waals surface area contributed by atoms with Crippen LogP contribution in [0, 0.1) is 0 Å². The number of halogens is 1.